The molecule has 3 rings (SSSR count). The highest BCUT2D eigenvalue weighted by Crippen LogP contribution is 2.28. The van der Waals surface area contributed by atoms with E-state index in [0.29, 0.717) is 24.9 Å². The Morgan fingerprint density at radius 2 is 2.15 bits per heavy atom. The van der Waals surface area contributed by atoms with Crippen LogP contribution in [0.15, 0.2) is 28.8 Å². The molecule has 2 aromatic rings. The number of carboxylic acid groups (broad SMARTS) is 1. The highest BCUT2D eigenvalue weighted by molar-refractivity contribution is 5.87. The molecule has 1 aromatic carbocycles. The molecule has 6 heteroatoms. The Labute approximate surface area is 152 Å². The third-order valence-electron chi connectivity index (χ3n) is 5.15. The summed E-state index contributed by atoms with van der Waals surface area (Å²) < 4.78 is 5.16. The van der Waals surface area contributed by atoms with Crippen molar-refractivity contribution in [2.75, 3.05) is 13.1 Å². The van der Waals surface area contributed by atoms with Crippen LogP contribution in [0.25, 0.3) is 0 Å². The first-order chi connectivity index (χ1) is 12.5. The van der Waals surface area contributed by atoms with Gasteiger partial charge in [0.1, 0.15) is 5.76 Å². The van der Waals surface area contributed by atoms with Gasteiger partial charge in [-0.1, -0.05) is 17.3 Å². The van der Waals surface area contributed by atoms with Crippen molar-refractivity contribution in [2.45, 2.75) is 45.4 Å². The molecule has 0 aliphatic carbocycles. The first-order valence-corrected chi connectivity index (χ1v) is 8.98. The molecule has 1 fully saturated rings. The van der Waals surface area contributed by atoms with E-state index >= 15 is 0 Å². The van der Waals surface area contributed by atoms with E-state index in [9.17, 15) is 14.7 Å². The lowest BCUT2D eigenvalue weighted by molar-refractivity contribution is -0.132. The van der Waals surface area contributed by atoms with Crippen molar-refractivity contribution in [3.63, 3.8) is 0 Å². The van der Waals surface area contributed by atoms with Gasteiger partial charge in [0.25, 0.3) is 0 Å². The van der Waals surface area contributed by atoms with Crippen molar-refractivity contribution >= 4 is 11.9 Å². The van der Waals surface area contributed by atoms with Crippen LogP contribution in [0.3, 0.4) is 0 Å². The molecule has 26 heavy (non-hydrogen) atoms. The predicted octanol–water partition coefficient (Wildman–Crippen LogP) is 3.33. The fourth-order valence-corrected chi connectivity index (χ4v) is 3.65. The number of nitrogens with zero attached hydrogens (tertiary/aromatic N) is 2. The third-order valence-corrected chi connectivity index (χ3v) is 5.15. The first-order valence-electron chi connectivity index (χ1n) is 8.98. The van der Waals surface area contributed by atoms with E-state index in [4.69, 9.17) is 4.52 Å². The normalized spacial score (nSPS) is 17.3. The Bertz CT molecular complexity index is 792. The molecule has 1 N–H and O–H groups in total. The van der Waals surface area contributed by atoms with Gasteiger partial charge in [0.05, 0.1) is 11.3 Å². The molecule has 1 aliphatic rings. The molecule has 0 spiro atoms. The molecular weight excluding hydrogens is 332 g/mol. The number of carboxylic acids is 1. The van der Waals surface area contributed by atoms with Crippen molar-refractivity contribution < 1.29 is 19.2 Å². The van der Waals surface area contributed by atoms with Crippen LogP contribution in [0.1, 0.15) is 58.1 Å². The van der Waals surface area contributed by atoms with E-state index in [0.717, 1.165) is 42.0 Å². The SMILES string of the molecule is Cc1noc(C)c1CCC(=O)N1CCC[C@@H](c2cccc(C(=O)O)c2)C1. The lowest BCUT2D eigenvalue weighted by Gasteiger charge is -2.33. The maximum absolute atomic E-state index is 12.6. The monoisotopic (exact) mass is 356 g/mol. The van der Waals surface area contributed by atoms with Gasteiger partial charge in [-0.25, -0.2) is 4.79 Å². The zero-order valence-electron chi connectivity index (χ0n) is 15.2. The molecule has 1 atom stereocenters. The van der Waals surface area contributed by atoms with Gasteiger partial charge in [0.15, 0.2) is 0 Å². The average molecular weight is 356 g/mol. The maximum Gasteiger partial charge on any atom is 0.335 e. The van der Waals surface area contributed by atoms with Gasteiger partial charge in [-0.05, 0) is 50.8 Å². The highest BCUT2D eigenvalue weighted by atomic mass is 16.5. The summed E-state index contributed by atoms with van der Waals surface area (Å²) in [5, 5.41) is 13.1. The fourth-order valence-electron chi connectivity index (χ4n) is 3.65. The molecule has 1 aliphatic heterocycles. The quantitative estimate of drug-likeness (QED) is 0.888. The largest absolute Gasteiger partial charge is 0.478 e. The zero-order valence-corrected chi connectivity index (χ0v) is 15.2. The van der Waals surface area contributed by atoms with Gasteiger partial charge in [-0.3, -0.25) is 4.79 Å². The third kappa shape index (κ3) is 3.95. The van der Waals surface area contributed by atoms with Crippen LogP contribution in [-0.2, 0) is 11.2 Å². The summed E-state index contributed by atoms with van der Waals surface area (Å²) in [6.07, 6.45) is 2.97. The van der Waals surface area contributed by atoms with Gasteiger partial charge >= 0.3 is 5.97 Å². The number of aromatic nitrogens is 1. The number of carbonyl (C=O) groups is 2. The standard InChI is InChI=1S/C20H24N2O4/c1-13-18(14(2)26-21-13)8-9-19(23)22-10-4-7-17(12-22)15-5-3-6-16(11-15)20(24)25/h3,5-6,11,17H,4,7-10,12H2,1-2H3,(H,24,25)/t17-/m1/s1. The number of rotatable bonds is 5. The summed E-state index contributed by atoms with van der Waals surface area (Å²) in [5.74, 6) is 0.169. The van der Waals surface area contributed by atoms with Crippen molar-refractivity contribution in [3.05, 3.63) is 52.4 Å². The molecule has 138 valence electrons. The van der Waals surface area contributed by atoms with Crippen molar-refractivity contribution in [3.8, 4) is 0 Å². The molecule has 1 saturated heterocycles. The van der Waals surface area contributed by atoms with Gasteiger partial charge in [-0.15, -0.1) is 0 Å². The number of carbonyl (C=O) groups excluding carboxylic acids is 1. The van der Waals surface area contributed by atoms with E-state index < -0.39 is 5.97 Å². The van der Waals surface area contributed by atoms with E-state index in [1.807, 2.05) is 24.8 Å². The first kappa shape index (κ1) is 18.2. The number of likely N-dealkylation sites (tertiary alicyclic amines) is 1. The van der Waals surface area contributed by atoms with E-state index in [1.165, 1.54) is 0 Å². The van der Waals surface area contributed by atoms with Crippen LogP contribution >= 0.6 is 0 Å². The van der Waals surface area contributed by atoms with E-state index in [1.54, 1.807) is 18.2 Å². The number of aromatic carboxylic acids is 1. The second-order valence-corrected chi connectivity index (χ2v) is 6.91. The molecule has 0 radical (unpaired) electrons. The number of aryl methyl sites for hydroxylation is 2. The van der Waals surface area contributed by atoms with Gasteiger partial charge in [-0.2, -0.15) is 0 Å². The van der Waals surface area contributed by atoms with E-state index in [-0.39, 0.29) is 11.8 Å². The number of piperidine rings is 1. The van der Waals surface area contributed by atoms with Crippen molar-refractivity contribution in [1.29, 1.82) is 0 Å². The minimum Gasteiger partial charge on any atom is -0.478 e. The Morgan fingerprint density at radius 1 is 1.35 bits per heavy atom. The summed E-state index contributed by atoms with van der Waals surface area (Å²) in [6.45, 7) is 5.16. The number of amides is 1. The Hall–Kier alpha value is -2.63. The fraction of sp³-hybridized carbons (Fsp3) is 0.450. The summed E-state index contributed by atoms with van der Waals surface area (Å²) >= 11 is 0. The van der Waals surface area contributed by atoms with Crippen molar-refractivity contribution in [1.82, 2.24) is 10.1 Å². The summed E-state index contributed by atoms with van der Waals surface area (Å²) in [7, 11) is 0. The van der Waals surface area contributed by atoms with Crippen LogP contribution in [0.2, 0.25) is 0 Å². The van der Waals surface area contributed by atoms with Crippen molar-refractivity contribution in [2.24, 2.45) is 0 Å². The molecule has 1 aromatic heterocycles. The zero-order chi connectivity index (χ0) is 18.7. The minimum absolute atomic E-state index is 0.129. The lowest BCUT2D eigenvalue weighted by Crippen LogP contribution is -2.39. The second-order valence-electron chi connectivity index (χ2n) is 6.91. The second kappa shape index (κ2) is 7.72. The van der Waals surface area contributed by atoms with Crippen LogP contribution in [0, 0.1) is 13.8 Å². The molecule has 0 saturated carbocycles. The lowest BCUT2D eigenvalue weighted by atomic mass is 9.89. The minimum atomic E-state index is -0.921. The van der Waals surface area contributed by atoms with Gasteiger partial charge in [0.2, 0.25) is 5.91 Å². The smallest absolute Gasteiger partial charge is 0.335 e. The summed E-state index contributed by atoms with van der Waals surface area (Å²) in [5.41, 5.74) is 3.15. The molecular formula is C20H24N2O4. The Kier molecular flexibility index (Phi) is 5.40. The molecule has 1 amide bonds. The Balaban J connectivity index is 1.63. The van der Waals surface area contributed by atoms with Crippen LogP contribution in [0.5, 0.6) is 0 Å². The topological polar surface area (TPSA) is 83.6 Å². The van der Waals surface area contributed by atoms with Gasteiger partial charge in [0, 0.05) is 31.0 Å². The van der Waals surface area contributed by atoms with Gasteiger partial charge < -0.3 is 14.5 Å². The number of hydrogen-bond acceptors (Lipinski definition) is 4. The van der Waals surface area contributed by atoms with Crippen LogP contribution in [0.4, 0.5) is 0 Å². The average Bonchev–Trinajstić information content (AvgIpc) is 2.97. The molecule has 0 unspecified atom stereocenters. The molecule has 0 bridgehead atoms. The maximum atomic E-state index is 12.6. The van der Waals surface area contributed by atoms with E-state index in [2.05, 4.69) is 5.16 Å². The Morgan fingerprint density at radius 3 is 2.85 bits per heavy atom. The molecule has 6 nitrogen and oxygen atoms in total. The summed E-state index contributed by atoms with van der Waals surface area (Å²) in [4.78, 5) is 25.7. The predicted molar refractivity (Wildman–Crippen MR) is 96.3 cm³/mol. The number of benzene rings is 1. The number of hydrogen-bond donors (Lipinski definition) is 1. The summed E-state index contributed by atoms with van der Waals surface area (Å²) in [6, 6.07) is 7.05. The highest BCUT2D eigenvalue weighted by Gasteiger charge is 2.25. The molecule has 2 heterocycles. The van der Waals surface area contributed by atoms with Crippen LogP contribution < -0.4 is 0 Å². The van der Waals surface area contributed by atoms with Crippen LogP contribution in [-0.4, -0.2) is 40.1 Å².